The maximum absolute atomic E-state index is 12.6. The minimum atomic E-state index is -3.46. The molecule has 0 aromatic rings. The average Bonchev–Trinajstić information content (AvgIpc) is 2.23. The number of hydrogen-bond donors (Lipinski definition) is 0. The summed E-state index contributed by atoms with van der Waals surface area (Å²) in [7, 11) is 0. The zero-order valence-corrected chi connectivity index (χ0v) is 7.22. The Morgan fingerprint density at radius 3 is 3.00 bits per heavy atom. The van der Waals surface area contributed by atoms with Gasteiger partial charge in [-0.05, 0) is 18.4 Å². The fourth-order valence-electron chi connectivity index (χ4n) is 1.41. The summed E-state index contributed by atoms with van der Waals surface area (Å²) < 4.78 is 33.8. The fourth-order valence-corrected chi connectivity index (χ4v) is 1.41. The van der Waals surface area contributed by atoms with Crippen LogP contribution in [0.25, 0.3) is 0 Å². The summed E-state index contributed by atoms with van der Waals surface area (Å²) in [6.07, 6.45) is 1.28. The summed E-state index contributed by atoms with van der Waals surface area (Å²) in [5.74, 6) is 0.825. The summed E-state index contributed by atoms with van der Waals surface area (Å²) >= 11 is 0. The highest BCUT2D eigenvalue weighted by atomic mass is 19.3. The molecule has 0 aromatic carbocycles. The van der Waals surface area contributed by atoms with E-state index >= 15 is 0 Å². The topological polar surface area (TPSA) is 18.5 Å². The molecule has 13 heavy (non-hydrogen) atoms. The Morgan fingerprint density at radius 1 is 1.46 bits per heavy atom. The van der Waals surface area contributed by atoms with E-state index < -0.39 is 6.29 Å². The van der Waals surface area contributed by atoms with Crippen LogP contribution in [0, 0.1) is 5.92 Å². The second-order valence-corrected chi connectivity index (χ2v) is 3.33. The quantitative estimate of drug-likeness (QED) is 0.582. The van der Waals surface area contributed by atoms with E-state index in [1.54, 1.807) is 6.08 Å². The van der Waals surface area contributed by atoms with Gasteiger partial charge >= 0.3 is 6.29 Å². The minimum Gasteiger partial charge on any atom is -0.400 e. The van der Waals surface area contributed by atoms with Crippen molar-refractivity contribution in [3.63, 3.8) is 0 Å². The van der Waals surface area contributed by atoms with Crippen LogP contribution < -0.4 is 0 Å². The van der Waals surface area contributed by atoms with Crippen LogP contribution in [-0.4, -0.2) is 6.29 Å². The van der Waals surface area contributed by atoms with Crippen LogP contribution in [0.1, 0.15) is 19.8 Å². The molecular weight excluding hydrogens is 178 g/mol. The predicted octanol–water partition coefficient (Wildman–Crippen LogP) is 2.78. The summed E-state index contributed by atoms with van der Waals surface area (Å²) in [6.45, 7) is 2.02. The highest BCUT2D eigenvalue weighted by Gasteiger charge is 2.44. The van der Waals surface area contributed by atoms with Crippen molar-refractivity contribution >= 4 is 0 Å². The molecule has 0 fully saturated rings. The Kier molecular flexibility index (Phi) is 1.78. The van der Waals surface area contributed by atoms with Crippen molar-refractivity contribution in [2.45, 2.75) is 26.1 Å². The van der Waals surface area contributed by atoms with Crippen molar-refractivity contribution < 1.29 is 18.3 Å². The molecule has 0 saturated heterocycles. The number of halogens is 2. The normalized spacial score (nSPS) is 30.5. The van der Waals surface area contributed by atoms with Gasteiger partial charge in [0.25, 0.3) is 0 Å². The van der Waals surface area contributed by atoms with Gasteiger partial charge < -0.3 is 9.47 Å². The molecule has 0 saturated carbocycles. The van der Waals surface area contributed by atoms with Crippen LogP contribution in [0.4, 0.5) is 8.78 Å². The lowest BCUT2D eigenvalue weighted by molar-refractivity contribution is -0.336. The van der Waals surface area contributed by atoms with Gasteiger partial charge in [0.15, 0.2) is 5.76 Å². The second-order valence-electron chi connectivity index (χ2n) is 3.33. The number of allylic oxidation sites excluding steroid dienone is 3. The van der Waals surface area contributed by atoms with E-state index in [1.165, 1.54) is 0 Å². The summed E-state index contributed by atoms with van der Waals surface area (Å²) in [5, 5.41) is 0. The van der Waals surface area contributed by atoms with E-state index in [0.717, 1.165) is 6.42 Å². The first-order valence-electron chi connectivity index (χ1n) is 4.24. The molecule has 1 atom stereocenters. The molecule has 2 nitrogen and oxygen atoms in total. The lowest BCUT2D eigenvalue weighted by atomic mass is 10.1. The van der Waals surface area contributed by atoms with E-state index in [9.17, 15) is 8.78 Å². The molecule has 0 radical (unpaired) electrons. The van der Waals surface area contributed by atoms with Gasteiger partial charge in [-0.25, -0.2) is 0 Å². The molecule has 0 bridgehead atoms. The van der Waals surface area contributed by atoms with E-state index in [4.69, 9.17) is 0 Å². The molecule has 4 heteroatoms. The van der Waals surface area contributed by atoms with Gasteiger partial charge in [-0.2, -0.15) is 0 Å². The van der Waals surface area contributed by atoms with E-state index in [0.29, 0.717) is 12.3 Å². The first kappa shape index (κ1) is 8.53. The maximum atomic E-state index is 12.6. The van der Waals surface area contributed by atoms with Crippen LogP contribution in [0.2, 0.25) is 0 Å². The highest BCUT2D eigenvalue weighted by Crippen LogP contribution is 2.38. The fraction of sp³-hybridized carbons (Fsp3) is 0.556. The Hall–Kier alpha value is -1.06. The largest absolute Gasteiger partial charge is 0.585 e. The zero-order chi connectivity index (χ0) is 9.47. The monoisotopic (exact) mass is 188 g/mol. The van der Waals surface area contributed by atoms with E-state index in [1.807, 2.05) is 13.0 Å². The second kappa shape index (κ2) is 2.72. The van der Waals surface area contributed by atoms with Gasteiger partial charge in [-0.15, -0.1) is 8.78 Å². The van der Waals surface area contributed by atoms with Gasteiger partial charge in [0.1, 0.15) is 5.76 Å². The maximum Gasteiger partial charge on any atom is 0.585 e. The van der Waals surface area contributed by atoms with Gasteiger partial charge in [0, 0.05) is 6.42 Å². The Bertz CT molecular complexity index is 281. The molecule has 1 aliphatic heterocycles. The third-order valence-electron chi connectivity index (χ3n) is 2.15. The lowest BCUT2D eigenvalue weighted by Crippen LogP contribution is -2.16. The van der Waals surface area contributed by atoms with Gasteiger partial charge in [0.2, 0.25) is 0 Å². The first-order chi connectivity index (χ1) is 6.07. The van der Waals surface area contributed by atoms with Crippen molar-refractivity contribution in [1.29, 1.82) is 0 Å². The van der Waals surface area contributed by atoms with E-state index in [-0.39, 0.29) is 11.5 Å². The molecule has 0 spiro atoms. The SMILES string of the molecule is CC1C=CC2=C(CC1)OC(F)(F)O2. The first-order valence-corrected chi connectivity index (χ1v) is 4.24. The predicted molar refractivity (Wildman–Crippen MR) is 41.7 cm³/mol. The van der Waals surface area contributed by atoms with Gasteiger partial charge in [-0.3, -0.25) is 0 Å². The number of rotatable bonds is 0. The van der Waals surface area contributed by atoms with Crippen molar-refractivity contribution in [3.8, 4) is 0 Å². The zero-order valence-electron chi connectivity index (χ0n) is 7.22. The van der Waals surface area contributed by atoms with Crippen LogP contribution in [0.5, 0.6) is 0 Å². The third kappa shape index (κ3) is 1.66. The molecule has 72 valence electrons. The van der Waals surface area contributed by atoms with E-state index in [2.05, 4.69) is 9.47 Å². The smallest absolute Gasteiger partial charge is 0.400 e. The highest BCUT2D eigenvalue weighted by molar-refractivity contribution is 5.22. The van der Waals surface area contributed by atoms with Crippen molar-refractivity contribution in [1.82, 2.24) is 0 Å². The Balaban J connectivity index is 2.18. The summed E-state index contributed by atoms with van der Waals surface area (Å²) in [4.78, 5) is 0. The van der Waals surface area contributed by atoms with Crippen molar-refractivity contribution in [3.05, 3.63) is 23.7 Å². The van der Waals surface area contributed by atoms with Crippen LogP contribution in [0.3, 0.4) is 0 Å². The average molecular weight is 188 g/mol. The molecule has 0 amide bonds. The van der Waals surface area contributed by atoms with Crippen LogP contribution >= 0.6 is 0 Å². The molecule has 1 aliphatic carbocycles. The standard InChI is InChI=1S/C9H10F2O2/c1-6-2-4-7-8(5-3-6)13-9(10,11)12-7/h2,4,6H,3,5H2,1H3. The summed E-state index contributed by atoms with van der Waals surface area (Å²) in [6, 6.07) is 0. The molecule has 1 unspecified atom stereocenters. The van der Waals surface area contributed by atoms with Crippen LogP contribution in [-0.2, 0) is 9.47 Å². The number of hydrogen-bond acceptors (Lipinski definition) is 2. The third-order valence-corrected chi connectivity index (χ3v) is 2.15. The minimum absolute atomic E-state index is 0.175. The van der Waals surface area contributed by atoms with Gasteiger partial charge in [0.05, 0.1) is 0 Å². The van der Waals surface area contributed by atoms with Crippen molar-refractivity contribution in [2.24, 2.45) is 5.92 Å². The van der Waals surface area contributed by atoms with Crippen molar-refractivity contribution in [2.75, 3.05) is 0 Å². The Labute approximate surface area is 74.8 Å². The molecule has 2 aliphatic rings. The molecular formula is C9H10F2O2. The number of ether oxygens (including phenoxy) is 2. The summed E-state index contributed by atoms with van der Waals surface area (Å²) in [5.41, 5.74) is 0. The lowest BCUT2D eigenvalue weighted by Gasteiger charge is -2.09. The number of alkyl halides is 2. The molecule has 0 N–H and O–H groups in total. The molecule has 0 aromatic heterocycles. The van der Waals surface area contributed by atoms with Gasteiger partial charge in [-0.1, -0.05) is 13.0 Å². The molecule has 2 rings (SSSR count). The van der Waals surface area contributed by atoms with Crippen LogP contribution in [0.15, 0.2) is 23.7 Å². The Morgan fingerprint density at radius 2 is 2.23 bits per heavy atom. The molecule has 1 heterocycles.